The number of hydrogen-bond acceptors (Lipinski definition) is 2. The Hall–Kier alpha value is -1.57. The van der Waals surface area contributed by atoms with Gasteiger partial charge in [0.2, 0.25) is 0 Å². The number of hydrogen-bond donors (Lipinski definition) is 0. The minimum absolute atomic E-state index is 0.0540. The molecule has 0 radical (unpaired) electrons. The van der Waals surface area contributed by atoms with Crippen molar-refractivity contribution >= 4 is 5.78 Å². The molecule has 0 bridgehead atoms. The van der Waals surface area contributed by atoms with Gasteiger partial charge in [-0.05, 0) is 31.1 Å². The number of ether oxygens (including phenoxy) is 1. The van der Waals surface area contributed by atoms with E-state index in [1.54, 1.807) is 13.0 Å². The fraction of sp³-hybridized carbons (Fsp3) is 0.308. The van der Waals surface area contributed by atoms with Crippen molar-refractivity contribution < 1.29 is 9.53 Å². The average molecular weight is 204 g/mol. The van der Waals surface area contributed by atoms with Gasteiger partial charge in [0.25, 0.3) is 0 Å². The molecule has 0 fully saturated rings. The molecule has 1 rings (SSSR count). The largest absolute Gasteiger partial charge is 0.493 e. The number of para-hydroxylation sites is 1. The molecule has 0 aliphatic heterocycles. The van der Waals surface area contributed by atoms with E-state index in [1.165, 1.54) is 0 Å². The summed E-state index contributed by atoms with van der Waals surface area (Å²) in [5.41, 5.74) is 1.13. The number of allylic oxidation sites excluding steroid dienone is 1. The van der Waals surface area contributed by atoms with Crippen molar-refractivity contribution in [1.82, 2.24) is 0 Å². The van der Waals surface area contributed by atoms with Crippen LogP contribution in [0.3, 0.4) is 0 Å². The molecule has 0 atom stereocenters. The summed E-state index contributed by atoms with van der Waals surface area (Å²) in [6.07, 6.45) is 0.926. The van der Waals surface area contributed by atoms with Crippen LogP contribution in [-0.4, -0.2) is 12.4 Å². The lowest BCUT2D eigenvalue weighted by Crippen LogP contribution is -2.05. The summed E-state index contributed by atoms with van der Waals surface area (Å²) in [5, 5.41) is 0. The summed E-state index contributed by atoms with van der Waals surface area (Å²) in [6.45, 7) is 8.01. The Morgan fingerprint density at radius 3 is 2.67 bits per heavy atom. The summed E-state index contributed by atoms with van der Waals surface area (Å²) in [4.78, 5) is 11.7. The Morgan fingerprint density at radius 1 is 1.40 bits per heavy atom. The Morgan fingerprint density at radius 2 is 2.07 bits per heavy atom. The summed E-state index contributed by atoms with van der Waals surface area (Å²) in [6, 6.07) is 7.27. The van der Waals surface area contributed by atoms with E-state index in [0.717, 1.165) is 6.42 Å². The second-order valence-electron chi connectivity index (χ2n) is 3.45. The second kappa shape index (κ2) is 5.35. The van der Waals surface area contributed by atoms with Crippen LogP contribution in [-0.2, 0) is 0 Å². The van der Waals surface area contributed by atoms with Gasteiger partial charge in [-0.3, -0.25) is 4.79 Å². The first-order chi connectivity index (χ1) is 7.16. The monoisotopic (exact) mass is 204 g/mol. The maximum atomic E-state index is 11.7. The van der Waals surface area contributed by atoms with Crippen LogP contribution in [0.15, 0.2) is 36.4 Å². The van der Waals surface area contributed by atoms with Crippen molar-refractivity contribution in [1.29, 1.82) is 0 Å². The second-order valence-corrected chi connectivity index (χ2v) is 3.45. The number of carbonyl (C=O) groups is 1. The standard InChI is InChI=1S/C13H16O2/c1-4-9-15-12-8-6-5-7-11(12)13(14)10(2)3/h5-8H,2,4,9H2,1,3H3. The molecule has 0 unspecified atom stereocenters. The summed E-state index contributed by atoms with van der Waals surface area (Å²) < 4.78 is 5.50. The Balaban J connectivity index is 2.95. The topological polar surface area (TPSA) is 26.3 Å². The predicted molar refractivity (Wildman–Crippen MR) is 61.4 cm³/mol. The molecule has 1 aromatic carbocycles. The minimum atomic E-state index is -0.0540. The molecular formula is C13H16O2. The maximum absolute atomic E-state index is 11.7. The molecule has 2 nitrogen and oxygen atoms in total. The van der Waals surface area contributed by atoms with Crippen molar-refractivity contribution in [2.45, 2.75) is 20.3 Å². The molecule has 0 aliphatic rings. The van der Waals surface area contributed by atoms with E-state index in [0.29, 0.717) is 23.5 Å². The van der Waals surface area contributed by atoms with Gasteiger partial charge in [0, 0.05) is 0 Å². The van der Waals surface area contributed by atoms with Crippen LogP contribution in [0.5, 0.6) is 5.75 Å². The number of ketones is 1. The molecule has 0 heterocycles. The summed E-state index contributed by atoms with van der Waals surface area (Å²) >= 11 is 0. The van der Waals surface area contributed by atoms with E-state index in [4.69, 9.17) is 4.74 Å². The van der Waals surface area contributed by atoms with Crippen LogP contribution in [0.25, 0.3) is 0 Å². The summed E-state index contributed by atoms with van der Waals surface area (Å²) in [5.74, 6) is 0.592. The molecule has 0 amide bonds. The molecule has 0 saturated carbocycles. The first-order valence-corrected chi connectivity index (χ1v) is 5.08. The molecule has 80 valence electrons. The fourth-order valence-corrected chi connectivity index (χ4v) is 1.22. The lowest BCUT2D eigenvalue weighted by atomic mass is 10.1. The van der Waals surface area contributed by atoms with Crippen LogP contribution in [0.2, 0.25) is 0 Å². The number of Topliss-reactive ketones (excluding diaryl/α,β-unsaturated/α-hetero) is 1. The molecule has 0 spiro atoms. The first-order valence-electron chi connectivity index (χ1n) is 5.08. The fourth-order valence-electron chi connectivity index (χ4n) is 1.22. The lowest BCUT2D eigenvalue weighted by molar-refractivity contribution is 0.103. The van der Waals surface area contributed by atoms with E-state index < -0.39 is 0 Å². The zero-order chi connectivity index (χ0) is 11.3. The van der Waals surface area contributed by atoms with Gasteiger partial charge in [0.1, 0.15) is 5.75 Å². The van der Waals surface area contributed by atoms with E-state index in [-0.39, 0.29) is 5.78 Å². The molecular weight excluding hydrogens is 188 g/mol. The molecule has 0 aromatic heterocycles. The SMILES string of the molecule is C=C(C)C(=O)c1ccccc1OCCC. The van der Waals surface area contributed by atoms with E-state index in [2.05, 4.69) is 6.58 Å². The molecule has 0 N–H and O–H groups in total. The average Bonchev–Trinajstić information content (AvgIpc) is 2.25. The van der Waals surface area contributed by atoms with E-state index in [9.17, 15) is 4.79 Å². The first kappa shape index (κ1) is 11.5. The number of benzene rings is 1. The zero-order valence-corrected chi connectivity index (χ0v) is 9.25. The zero-order valence-electron chi connectivity index (χ0n) is 9.25. The van der Waals surface area contributed by atoms with Crippen LogP contribution in [0.4, 0.5) is 0 Å². The van der Waals surface area contributed by atoms with E-state index in [1.807, 2.05) is 25.1 Å². The van der Waals surface area contributed by atoms with Crippen LogP contribution < -0.4 is 4.74 Å². The molecule has 2 heteroatoms. The molecule has 0 aliphatic carbocycles. The van der Waals surface area contributed by atoms with Crippen LogP contribution in [0, 0.1) is 0 Å². The summed E-state index contributed by atoms with van der Waals surface area (Å²) in [7, 11) is 0. The lowest BCUT2D eigenvalue weighted by Gasteiger charge is -2.09. The smallest absolute Gasteiger partial charge is 0.191 e. The minimum Gasteiger partial charge on any atom is -0.493 e. The normalized spacial score (nSPS) is 9.73. The van der Waals surface area contributed by atoms with Crippen molar-refractivity contribution in [3.63, 3.8) is 0 Å². The van der Waals surface area contributed by atoms with Gasteiger partial charge in [-0.25, -0.2) is 0 Å². The van der Waals surface area contributed by atoms with Gasteiger partial charge in [0.05, 0.1) is 12.2 Å². The highest BCUT2D eigenvalue weighted by atomic mass is 16.5. The number of carbonyl (C=O) groups excluding carboxylic acids is 1. The van der Waals surface area contributed by atoms with Crippen molar-refractivity contribution in [3.05, 3.63) is 42.0 Å². The quantitative estimate of drug-likeness (QED) is 0.543. The molecule has 15 heavy (non-hydrogen) atoms. The van der Waals surface area contributed by atoms with Crippen molar-refractivity contribution in [3.8, 4) is 5.75 Å². The third-order valence-corrected chi connectivity index (χ3v) is 1.98. The Kier molecular flexibility index (Phi) is 4.10. The predicted octanol–water partition coefficient (Wildman–Crippen LogP) is 3.23. The van der Waals surface area contributed by atoms with Gasteiger partial charge in [0.15, 0.2) is 5.78 Å². The van der Waals surface area contributed by atoms with Crippen LogP contribution >= 0.6 is 0 Å². The highest BCUT2D eigenvalue weighted by Crippen LogP contribution is 2.20. The highest BCUT2D eigenvalue weighted by molar-refractivity contribution is 6.09. The van der Waals surface area contributed by atoms with Gasteiger partial charge in [-0.1, -0.05) is 25.6 Å². The third-order valence-electron chi connectivity index (χ3n) is 1.98. The highest BCUT2D eigenvalue weighted by Gasteiger charge is 2.11. The van der Waals surface area contributed by atoms with Crippen LogP contribution in [0.1, 0.15) is 30.6 Å². The van der Waals surface area contributed by atoms with Gasteiger partial charge in [-0.2, -0.15) is 0 Å². The molecule has 0 saturated heterocycles. The van der Waals surface area contributed by atoms with Gasteiger partial charge < -0.3 is 4.74 Å². The maximum Gasteiger partial charge on any atom is 0.191 e. The molecule has 1 aromatic rings. The van der Waals surface area contributed by atoms with Gasteiger partial charge >= 0.3 is 0 Å². The van der Waals surface area contributed by atoms with Crippen molar-refractivity contribution in [2.24, 2.45) is 0 Å². The van der Waals surface area contributed by atoms with Gasteiger partial charge in [-0.15, -0.1) is 0 Å². The Labute approximate surface area is 90.6 Å². The Bertz CT molecular complexity index is 367. The van der Waals surface area contributed by atoms with E-state index >= 15 is 0 Å². The third kappa shape index (κ3) is 2.94. The van der Waals surface area contributed by atoms with Crippen molar-refractivity contribution in [2.75, 3.05) is 6.61 Å². The number of rotatable bonds is 5.